The quantitative estimate of drug-likeness (QED) is 0.494. The van der Waals surface area contributed by atoms with Crippen molar-refractivity contribution in [2.45, 2.75) is 18.8 Å². The maximum Gasteiger partial charge on any atom is 0.261 e. The van der Waals surface area contributed by atoms with E-state index < -0.39 is 5.91 Å². The molecule has 0 radical (unpaired) electrons. The summed E-state index contributed by atoms with van der Waals surface area (Å²) < 4.78 is 1.79. The third kappa shape index (κ3) is 3.06. The minimum Gasteiger partial charge on any atom is -0.370 e. The van der Waals surface area contributed by atoms with Crippen LogP contribution in [0, 0.1) is 5.41 Å². The third-order valence-corrected chi connectivity index (χ3v) is 4.10. The standard InChI is InChI=1S/C17H16N6O.ClH/c18-17(19)22-16(24)12-9-21-23(15(12)11-6-7-11)13-5-1-3-10-4-2-8-20-14(10)13;/h1-5,8-9,11H,6-7H2,(H4,18,19,22,24);1H. The summed E-state index contributed by atoms with van der Waals surface area (Å²) in [5.41, 5.74) is 8.27. The van der Waals surface area contributed by atoms with E-state index in [9.17, 15) is 4.79 Å². The van der Waals surface area contributed by atoms with Crippen molar-refractivity contribution in [2.24, 2.45) is 5.73 Å². The van der Waals surface area contributed by atoms with Crippen LogP contribution in [0.1, 0.15) is 34.8 Å². The summed E-state index contributed by atoms with van der Waals surface area (Å²) >= 11 is 0. The first-order valence-corrected chi connectivity index (χ1v) is 7.72. The molecule has 0 bridgehead atoms. The van der Waals surface area contributed by atoms with Gasteiger partial charge < -0.3 is 5.73 Å². The van der Waals surface area contributed by atoms with Crippen molar-refractivity contribution in [1.29, 1.82) is 5.41 Å². The van der Waals surface area contributed by atoms with E-state index in [4.69, 9.17) is 11.1 Å². The van der Waals surface area contributed by atoms with Crippen molar-refractivity contribution in [3.05, 3.63) is 54.0 Å². The highest BCUT2D eigenvalue weighted by molar-refractivity contribution is 6.05. The van der Waals surface area contributed by atoms with E-state index in [0.29, 0.717) is 11.5 Å². The molecular weight excluding hydrogens is 340 g/mol. The molecule has 1 aliphatic rings. The van der Waals surface area contributed by atoms with Gasteiger partial charge in [0.25, 0.3) is 5.91 Å². The Morgan fingerprint density at radius 1 is 1.28 bits per heavy atom. The Morgan fingerprint density at radius 2 is 2.04 bits per heavy atom. The van der Waals surface area contributed by atoms with Crippen LogP contribution < -0.4 is 11.1 Å². The van der Waals surface area contributed by atoms with Gasteiger partial charge in [-0.2, -0.15) is 5.10 Å². The van der Waals surface area contributed by atoms with Crippen molar-refractivity contribution >= 4 is 35.2 Å². The molecular formula is C17H17ClN6O. The van der Waals surface area contributed by atoms with E-state index >= 15 is 0 Å². The molecule has 0 saturated heterocycles. The Balaban J connectivity index is 0.00000182. The molecule has 0 aliphatic heterocycles. The Labute approximate surface area is 150 Å². The van der Waals surface area contributed by atoms with E-state index in [2.05, 4.69) is 15.4 Å². The Hall–Kier alpha value is -2.93. The summed E-state index contributed by atoms with van der Waals surface area (Å²) in [6, 6.07) is 9.78. The van der Waals surface area contributed by atoms with E-state index in [1.54, 1.807) is 10.9 Å². The zero-order valence-corrected chi connectivity index (χ0v) is 14.1. The minimum absolute atomic E-state index is 0. The van der Waals surface area contributed by atoms with E-state index in [-0.39, 0.29) is 18.4 Å². The number of halogens is 1. The van der Waals surface area contributed by atoms with Crippen molar-refractivity contribution in [3.63, 3.8) is 0 Å². The van der Waals surface area contributed by atoms with E-state index in [0.717, 1.165) is 35.1 Å². The zero-order valence-electron chi connectivity index (χ0n) is 13.3. The Kier molecular flexibility index (Phi) is 4.41. The number of para-hydroxylation sites is 1. The number of carbonyl (C=O) groups excluding carboxylic acids is 1. The van der Waals surface area contributed by atoms with E-state index in [1.165, 1.54) is 6.20 Å². The highest BCUT2D eigenvalue weighted by Crippen LogP contribution is 2.42. The lowest BCUT2D eigenvalue weighted by molar-refractivity contribution is 0.0975. The normalized spacial score (nSPS) is 13.3. The lowest BCUT2D eigenvalue weighted by Gasteiger charge is -2.11. The number of carbonyl (C=O) groups is 1. The van der Waals surface area contributed by atoms with Gasteiger partial charge in [0.2, 0.25) is 0 Å². The molecule has 0 spiro atoms. The number of nitrogens with two attached hydrogens (primary N) is 1. The zero-order chi connectivity index (χ0) is 16.7. The largest absolute Gasteiger partial charge is 0.370 e. The first kappa shape index (κ1) is 16.9. The van der Waals surface area contributed by atoms with Gasteiger partial charge in [-0.3, -0.25) is 20.5 Å². The number of hydrogen-bond donors (Lipinski definition) is 3. The predicted octanol–water partition coefficient (Wildman–Crippen LogP) is 2.34. The van der Waals surface area contributed by atoms with Crippen molar-refractivity contribution in [2.75, 3.05) is 0 Å². The summed E-state index contributed by atoms with van der Waals surface area (Å²) in [5, 5.41) is 15.0. The minimum atomic E-state index is -0.399. The van der Waals surface area contributed by atoms with Gasteiger partial charge in [0, 0.05) is 17.5 Å². The highest BCUT2D eigenvalue weighted by Gasteiger charge is 2.33. The van der Waals surface area contributed by atoms with Crippen molar-refractivity contribution in [3.8, 4) is 5.69 Å². The average molecular weight is 357 g/mol. The molecule has 1 saturated carbocycles. The molecule has 0 unspecified atom stereocenters. The number of rotatable bonds is 3. The van der Waals surface area contributed by atoms with Gasteiger partial charge in [-0.05, 0) is 25.0 Å². The predicted molar refractivity (Wildman–Crippen MR) is 97.5 cm³/mol. The molecule has 1 fully saturated rings. The fourth-order valence-corrected chi connectivity index (χ4v) is 2.92. The molecule has 0 atom stereocenters. The number of nitrogens with zero attached hydrogens (tertiary/aromatic N) is 3. The monoisotopic (exact) mass is 356 g/mol. The first-order valence-electron chi connectivity index (χ1n) is 7.72. The van der Waals surface area contributed by atoms with Crippen LogP contribution in [0.25, 0.3) is 16.6 Å². The number of fused-ring (bicyclic) bond motifs is 1. The second kappa shape index (κ2) is 6.52. The molecule has 7 nitrogen and oxygen atoms in total. The summed E-state index contributed by atoms with van der Waals surface area (Å²) in [6.07, 6.45) is 5.32. The summed E-state index contributed by atoms with van der Waals surface area (Å²) in [5.74, 6) is -0.482. The van der Waals surface area contributed by atoms with Crippen LogP contribution in [0.4, 0.5) is 0 Å². The molecule has 128 valence electrons. The molecule has 2 aromatic heterocycles. The van der Waals surface area contributed by atoms with Crippen LogP contribution in [0.3, 0.4) is 0 Å². The lowest BCUT2D eigenvalue weighted by Crippen LogP contribution is -2.36. The second-order valence-electron chi connectivity index (χ2n) is 5.85. The average Bonchev–Trinajstić information content (AvgIpc) is 3.32. The van der Waals surface area contributed by atoms with Gasteiger partial charge in [0.05, 0.1) is 28.7 Å². The van der Waals surface area contributed by atoms with Crippen LogP contribution in [0.5, 0.6) is 0 Å². The Morgan fingerprint density at radius 3 is 2.76 bits per heavy atom. The summed E-state index contributed by atoms with van der Waals surface area (Å²) in [4.78, 5) is 16.8. The lowest BCUT2D eigenvalue weighted by atomic mass is 10.1. The highest BCUT2D eigenvalue weighted by atomic mass is 35.5. The van der Waals surface area contributed by atoms with Crippen LogP contribution in [-0.4, -0.2) is 26.6 Å². The topological polar surface area (TPSA) is 110 Å². The SMILES string of the molecule is Cl.N=C(N)NC(=O)c1cnn(-c2cccc3cccnc23)c1C1CC1. The summed E-state index contributed by atoms with van der Waals surface area (Å²) in [7, 11) is 0. The molecule has 1 aromatic carbocycles. The van der Waals surface area contributed by atoms with Gasteiger partial charge >= 0.3 is 0 Å². The van der Waals surface area contributed by atoms with Gasteiger partial charge in [-0.1, -0.05) is 18.2 Å². The number of nitrogens with one attached hydrogen (secondary N) is 2. The van der Waals surface area contributed by atoms with Gasteiger partial charge in [-0.15, -0.1) is 12.4 Å². The molecule has 25 heavy (non-hydrogen) atoms. The van der Waals surface area contributed by atoms with Gasteiger partial charge in [0.15, 0.2) is 5.96 Å². The second-order valence-corrected chi connectivity index (χ2v) is 5.85. The molecule has 2 heterocycles. The smallest absolute Gasteiger partial charge is 0.261 e. The van der Waals surface area contributed by atoms with Gasteiger partial charge in [0.1, 0.15) is 0 Å². The fraction of sp³-hybridized carbons (Fsp3) is 0.176. The molecule has 3 aromatic rings. The van der Waals surface area contributed by atoms with Crippen LogP contribution in [0.15, 0.2) is 42.7 Å². The first-order chi connectivity index (χ1) is 11.6. The molecule has 8 heteroatoms. The number of guanidine groups is 1. The number of benzene rings is 1. The van der Waals surface area contributed by atoms with Crippen molar-refractivity contribution in [1.82, 2.24) is 20.1 Å². The Bertz CT molecular complexity index is 957. The molecule has 4 rings (SSSR count). The summed E-state index contributed by atoms with van der Waals surface area (Å²) in [6.45, 7) is 0. The molecule has 4 N–H and O–H groups in total. The van der Waals surface area contributed by atoms with Crippen LogP contribution in [0.2, 0.25) is 0 Å². The van der Waals surface area contributed by atoms with Crippen molar-refractivity contribution < 1.29 is 4.79 Å². The maximum atomic E-state index is 12.3. The van der Waals surface area contributed by atoms with Crippen LogP contribution >= 0.6 is 12.4 Å². The maximum absolute atomic E-state index is 12.3. The molecule has 1 aliphatic carbocycles. The fourth-order valence-electron chi connectivity index (χ4n) is 2.92. The van der Waals surface area contributed by atoms with Gasteiger partial charge in [-0.25, -0.2) is 4.68 Å². The number of hydrogen-bond acceptors (Lipinski definition) is 4. The number of pyridine rings is 1. The molecule has 1 amide bonds. The third-order valence-electron chi connectivity index (χ3n) is 4.10. The number of aromatic nitrogens is 3. The number of amides is 1. The van der Waals surface area contributed by atoms with Crippen LogP contribution in [-0.2, 0) is 0 Å². The van der Waals surface area contributed by atoms with E-state index in [1.807, 2.05) is 30.3 Å².